The van der Waals surface area contributed by atoms with Crippen LogP contribution in [-0.2, 0) is 6.54 Å². The summed E-state index contributed by atoms with van der Waals surface area (Å²) in [5.74, 6) is 0.609. The highest BCUT2D eigenvalue weighted by atomic mass is 35.5. The van der Waals surface area contributed by atoms with Crippen LogP contribution < -0.4 is 15.4 Å². The van der Waals surface area contributed by atoms with Crippen molar-refractivity contribution >= 4 is 30.7 Å². The number of aromatic nitrogens is 3. The first-order chi connectivity index (χ1) is 13.5. The van der Waals surface area contributed by atoms with Crippen molar-refractivity contribution in [2.45, 2.75) is 32.4 Å². The van der Waals surface area contributed by atoms with Crippen LogP contribution in [0.25, 0.3) is 0 Å². The Bertz CT molecular complexity index is 793. The molecule has 0 aliphatic carbocycles. The van der Waals surface area contributed by atoms with Gasteiger partial charge in [0.2, 0.25) is 0 Å². The van der Waals surface area contributed by atoms with Gasteiger partial charge in [-0.25, -0.2) is 4.68 Å². The number of carbonyl (C=O) groups is 1. The van der Waals surface area contributed by atoms with Crippen LogP contribution in [0.15, 0.2) is 24.3 Å². The van der Waals surface area contributed by atoms with Crippen LogP contribution in [-0.4, -0.2) is 66.1 Å². The molecular formula is C20H32Cl2N6O2. The second-order valence-corrected chi connectivity index (χ2v) is 7.43. The fourth-order valence-electron chi connectivity index (χ4n) is 3.31. The molecule has 1 fully saturated rings. The molecule has 1 aromatic heterocycles. The Hall–Kier alpha value is -1.87. The van der Waals surface area contributed by atoms with Gasteiger partial charge in [-0.15, -0.1) is 29.9 Å². The first-order valence-corrected chi connectivity index (χ1v) is 9.82. The molecule has 2 heterocycles. The standard InChI is InChI=1S/C20H30N6O2.2ClH/c1-15-19(23-24-26(15)17-7-9-21-10-8-17)20(27)22-14-16-5-4-6-18(13-16)28-12-11-25(2)3;;/h4-6,13,17,21H,7-12,14H2,1-3H3,(H,22,27);2*1H. The van der Waals surface area contributed by atoms with E-state index in [9.17, 15) is 4.79 Å². The number of halogens is 2. The van der Waals surface area contributed by atoms with Gasteiger partial charge in [0.1, 0.15) is 12.4 Å². The van der Waals surface area contributed by atoms with Gasteiger partial charge in [0, 0.05) is 13.1 Å². The second-order valence-electron chi connectivity index (χ2n) is 7.43. The molecule has 1 aliphatic heterocycles. The summed E-state index contributed by atoms with van der Waals surface area (Å²) in [5, 5.41) is 14.6. The van der Waals surface area contributed by atoms with E-state index in [2.05, 4.69) is 25.8 Å². The average Bonchev–Trinajstić information content (AvgIpc) is 3.08. The molecule has 1 saturated heterocycles. The fourth-order valence-corrected chi connectivity index (χ4v) is 3.31. The van der Waals surface area contributed by atoms with Crippen LogP contribution in [0.1, 0.15) is 40.6 Å². The molecule has 0 atom stereocenters. The number of benzene rings is 1. The van der Waals surface area contributed by atoms with Crippen LogP contribution >= 0.6 is 24.8 Å². The van der Waals surface area contributed by atoms with E-state index in [-0.39, 0.29) is 30.7 Å². The molecule has 2 aromatic rings. The molecule has 8 nitrogen and oxygen atoms in total. The Morgan fingerprint density at radius 2 is 2.03 bits per heavy atom. The van der Waals surface area contributed by atoms with Gasteiger partial charge in [0.15, 0.2) is 5.69 Å². The molecule has 2 N–H and O–H groups in total. The highest BCUT2D eigenvalue weighted by Crippen LogP contribution is 2.20. The van der Waals surface area contributed by atoms with Crippen molar-refractivity contribution in [1.29, 1.82) is 0 Å². The smallest absolute Gasteiger partial charge is 0.274 e. The van der Waals surface area contributed by atoms with Crippen molar-refractivity contribution in [1.82, 2.24) is 30.5 Å². The first-order valence-electron chi connectivity index (χ1n) is 9.82. The van der Waals surface area contributed by atoms with Crippen LogP contribution in [0, 0.1) is 6.92 Å². The number of ether oxygens (including phenoxy) is 1. The topological polar surface area (TPSA) is 84.3 Å². The van der Waals surface area contributed by atoms with E-state index in [1.165, 1.54) is 0 Å². The number of piperidine rings is 1. The molecule has 0 bridgehead atoms. The van der Waals surface area contributed by atoms with Crippen molar-refractivity contribution in [3.63, 3.8) is 0 Å². The zero-order valence-electron chi connectivity index (χ0n) is 17.8. The molecule has 3 rings (SSSR count). The van der Waals surface area contributed by atoms with Crippen molar-refractivity contribution in [3.8, 4) is 5.75 Å². The number of likely N-dealkylation sites (N-methyl/N-ethyl adjacent to an activating group) is 1. The summed E-state index contributed by atoms with van der Waals surface area (Å²) in [4.78, 5) is 14.7. The van der Waals surface area contributed by atoms with E-state index >= 15 is 0 Å². The van der Waals surface area contributed by atoms with Crippen molar-refractivity contribution in [2.75, 3.05) is 40.3 Å². The normalized spacial score (nSPS) is 14.0. The van der Waals surface area contributed by atoms with E-state index in [1.54, 1.807) is 0 Å². The van der Waals surface area contributed by atoms with Gasteiger partial charge >= 0.3 is 0 Å². The molecular weight excluding hydrogens is 427 g/mol. The van der Waals surface area contributed by atoms with Gasteiger partial charge < -0.3 is 20.3 Å². The highest BCUT2D eigenvalue weighted by Gasteiger charge is 2.22. The lowest BCUT2D eigenvalue weighted by atomic mass is 10.1. The van der Waals surface area contributed by atoms with E-state index in [0.29, 0.717) is 24.9 Å². The zero-order chi connectivity index (χ0) is 19.9. The average molecular weight is 459 g/mol. The van der Waals surface area contributed by atoms with E-state index in [0.717, 1.165) is 49.5 Å². The number of amides is 1. The van der Waals surface area contributed by atoms with E-state index in [1.807, 2.05) is 50.0 Å². The molecule has 10 heteroatoms. The lowest BCUT2D eigenvalue weighted by Gasteiger charge is -2.23. The number of nitrogens with one attached hydrogen (secondary N) is 2. The SMILES string of the molecule is Cc1c(C(=O)NCc2cccc(OCCN(C)C)c2)nnn1C1CCNCC1.Cl.Cl. The molecule has 168 valence electrons. The van der Waals surface area contributed by atoms with Crippen molar-refractivity contribution in [3.05, 3.63) is 41.2 Å². The molecule has 1 amide bonds. The zero-order valence-corrected chi connectivity index (χ0v) is 19.4. The summed E-state index contributed by atoms with van der Waals surface area (Å²) in [6.45, 7) is 5.76. The third kappa shape index (κ3) is 7.12. The molecule has 30 heavy (non-hydrogen) atoms. The van der Waals surface area contributed by atoms with Gasteiger partial charge in [0.25, 0.3) is 5.91 Å². The Balaban J connectivity index is 0.00000225. The van der Waals surface area contributed by atoms with Crippen LogP contribution in [0.5, 0.6) is 5.75 Å². The fraction of sp³-hybridized carbons (Fsp3) is 0.550. The monoisotopic (exact) mass is 458 g/mol. The summed E-state index contributed by atoms with van der Waals surface area (Å²) in [5.41, 5.74) is 2.21. The maximum absolute atomic E-state index is 12.6. The molecule has 0 radical (unpaired) electrons. The second kappa shape index (κ2) is 12.7. The maximum atomic E-state index is 12.6. The van der Waals surface area contributed by atoms with E-state index in [4.69, 9.17) is 4.74 Å². The van der Waals surface area contributed by atoms with Gasteiger partial charge in [-0.05, 0) is 64.6 Å². The summed E-state index contributed by atoms with van der Waals surface area (Å²) in [6, 6.07) is 8.10. The first kappa shape index (κ1) is 26.2. The predicted molar refractivity (Wildman–Crippen MR) is 122 cm³/mol. The highest BCUT2D eigenvalue weighted by molar-refractivity contribution is 5.93. The predicted octanol–water partition coefficient (Wildman–Crippen LogP) is 2.23. The Labute approximate surface area is 190 Å². The molecule has 0 spiro atoms. The molecule has 0 unspecified atom stereocenters. The molecule has 0 saturated carbocycles. The summed E-state index contributed by atoms with van der Waals surface area (Å²) < 4.78 is 7.65. The van der Waals surface area contributed by atoms with Crippen LogP contribution in [0.2, 0.25) is 0 Å². The molecule has 1 aromatic carbocycles. The largest absolute Gasteiger partial charge is 0.492 e. The van der Waals surface area contributed by atoms with Gasteiger partial charge in [-0.3, -0.25) is 4.79 Å². The third-order valence-electron chi connectivity index (χ3n) is 4.96. The van der Waals surface area contributed by atoms with E-state index < -0.39 is 0 Å². The summed E-state index contributed by atoms with van der Waals surface area (Å²) >= 11 is 0. The Morgan fingerprint density at radius 3 is 2.73 bits per heavy atom. The number of hydrogen-bond donors (Lipinski definition) is 2. The van der Waals surface area contributed by atoms with Crippen LogP contribution in [0.4, 0.5) is 0 Å². The minimum absolute atomic E-state index is 0. The Kier molecular flexibility index (Phi) is 11.1. The maximum Gasteiger partial charge on any atom is 0.274 e. The third-order valence-corrected chi connectivity index (χ3v) is 4.96. The van der Waals surface area contributed by atoms with Crippen LogP contribution in [0.3, 0.4) is 0 Å². The van der Waals surface area contributed by atoms with Crippen molar-refractivity contribution in [2.24, 2.45) is 0 Å². The lowest BCUT2D eigenvalue weighted by Crippen LogP contribution is -2.30. The van der Waals surface area contributed by atoms with Gasteiger partial charge in [-0.1, -0.05) is 17.3 Å². The number of carbonyl (C=O) groups excluding carboxylic acids is 1. The number of hydrogen-bond acceptors (Lipinski definition) is 6. The minimum Gasteiger partial charge on any atom is -0.492 e. The molecule has 1 aliphatic rings. The Morgan fingerprint density at radius 1 is 1.30 bits per heavy atom. The minimum atomic E-state index is -0.198. The van der Waals surface area contributed by atoms with Gasteiger partial charge in [-0.2, -0.15) is 0 Å². The summed E-state index contributed by atoms with van der Waals surface area (Å²) in [7, 11) is 4.03. The quantitative estimate of drug-likeness (QED) is 0.630. The van der Waals surface area contributed by atoms with Gasteiger partial charge in [0.05, 0.1) is 11.7 Å². The lowest BCUT2D eigenvalue weighted by molar-refractivity contribution is 0.0945. The number of rotatable bonds is 8. The van der Waals surface area contributed by atoms with Crippen molar-refractivity contribution < 1.29 is 9.53 Å². The summed E-state index contributed by atoms with van der Waals surface area (Å²) in [6.07, 6.45) is 2.01. The number of nitrogens with zero attached hydrogens (tertiary/aromatic N) is 4.